The summed E-state index contributed by atoms with van der Waals surface area (Å²) in [5.41, 5.74) is 2.33. The molecule has 0 bridgehead atoms. The van der Waals surface area contributed by atoms with E-state index in [1.54, 1.807) is 6.92 Å². The summed E-state index contributed by atoms with van der Waals surface area (Å²) >= 11 is 0. The van der Waals surface area contributed by atoms with E-state index in [1.165, 1.54) is 6.20 Å². The van der Waals surface area contributed by atoms with Gasteiger partial charge in [-0.3, -0.25) is 0 Å². The molecule has 2 rings (SSSR count). The summed E-state index contributed by atoms with van der Waals surface area (Å²) in [7, 11) is 0. The third kappa shape index (κ3) is 3.28. The van der Waals surface area contributed by atoms with Gasteiger partial charge in [-0.25, -0.2) is 14.8 Å². The minimum absolute atomic E-state index is 0.0502. The van der Waals surface area contributed by atoms with Crippen molar-refractivity contribution in [1.82, 2.24) is 9.97 Å². The van der Waals surface area contributed by atoms with Gasteiger partial charge >= 0.3 is 5.97 Å². The van der Waals surface area contributed by atoms with Crippen molar-refractivity contribution in [3.8, 4) is 0 Å². The molecule has 0 radical (unpaired) electrons. The van der Waals surface area contributed by atoms with Crippen molar-refractivity contribution < 1.29 is 14.6 Å². The van der Waals surface area contributed by atoms with E-state index in [4.69, 9.17) is 4.74 Å². The maximum atomic E-state index is 12.1. The molecular formula is C15H19N3O3. The molecule has 0 aromatic carbocycles. The molecule has 0 spiro atoms. The molecule has 0 aliphatic rings. The minimum Gasteiger partial charge on any atom is -0.462 e. The van der Waals surface area contributed by atoms with E-state index in [1.807, 2.05) is 26.0 Å². The molecule has 6 nitrogen and oxygen atoms in total. The number of ether oxygens (including phenoxy) is 1. The predicted octanol–water partition coefficient (Wildman–Crippen LogP) is 1.91. The Morgan fingerprint density at radius 1 is 1.48 bits per heavy atom. The van der Waals surface area contributed by atoms with Crippen LogP contribution in [0, 0.1) is 6.92 Å². The second-order valence-corrected chi connectivity index (χ2v) is 4.82. The zero-order valence-electron chi connectivity index (χ0n) is 12.4. The highest BCUT2D eigenvalue weighted by molar-refractivity contribution is 6.04. The molecule has 0 aliphatic heterocycles. The standard InChI is InChI=1S/C15H19N3O3/c1-4-21-15(20)12-7-16-14-11(6-5-9(2)18-14)13(12)17-10(3)8-19/h5-7,10,19H,4,8H2,1-3H3,(H,16,17,18)/t10-/m1/s1. The molecule has 112 valence electrons. The molecule has 0 unspecified atom stereocenters. The third-order valence-electron chi connectivity index (χ3n) is 3.03. The number of aromatic nitrogens is 2. The average Bonchev–Trinajstić information content (AvgIpc) is 2.47. The molecule has 1 atom stereocenters. The van der Waals surface area contributed by atoms with Gasteiger partial charge in [0.15, 0.2) is 5.65 Å². The second kappa shape index (κ2) is 6.49. The van der Waals surface area contributed by atoms with E-state index < -0.39 is 5.97 Å². The number of pyridine rings is 2. The number of anilines is 1. The Bertz CT molecular complexity index is 658. The fourth-order valence-electron chi connectivity index (χ4n) is 1.98. The molecule has 2 aromatic heterocycles. The minimum atomic E-state index is -0.444. The van der Waals surface area contributed by atoms with E-state index in [9.17, 15) is 9.90 Å². The van der Waals surface area contributed by atoms with Gasteiger partial charge in [0.2, 0.25) is 0 Å². The summed E-state index contributed by atoms with van der Waals surface area (Å²) in [5, 5.41) is 13.1. The number of hydrogen-bond acceptors (Lipinski definition) is 6. The van der Waals surface area contributed by atoms with Crippen molar-refractivity contribution in [3.63, 3.8) is 0 Å². The van der Waals surface area contributed by atoms with E-state index in [2.05, 4.69) is 15.3 Å². The Balaban J connectivity index is 2.59. The van der Waals surface area contributed by atoms with Crippen LogP contribution in [0.5, 0.6) is 0 Å². The molecule has 0 saturated carbocycles. The average molecular weight is 289 g/mol. The molecule has 21 heavy (non-hydrogen) atoms. The van der Waals surface area contributed by atoms with Crippen LogP contribution in [0.4, 0.5) is 5.69 Å². The van der Waals surface area contributed by atoms with Crippen LogP contribution in [0.3, 0.4) is 0 Å². The largest absolute Gasteiger partial charge is 0.462 e. The highest BCUT2D eigenvalue weighted by Gasteiger charge is 2.18. The fraction of sp³-hybridized carbons (Fsp3) is 0.400. The lowest BCUT2D eigenvalue weighted by Gasteiger charge is -2.17. The van der Waals surface area contributed by atoms with Crippen LogP contribution in [0.1, 0.15) is 29.9 Å². The van der Waals surface area contributed by atoms with Gasteiger partial charge in [0.05, 0.1) is 18.9 Å². The first-order chi connectivity index (χ1) is 10.1. The van der Waals surface area contributed by atoms with Gasteiger partial charge in [-0.2, -0.15) is 0 Å². The molecule has 6 heteroatoms. The molecule has 0 amide bonds. The van der Waals surface area contributed by atoms with Gasteiger partial charge in [-0.1, -0.05) is 0 Å². The van der Waals surface area contributed by atoms with Crippen LogP contribution in [-0.4, -0.2) is 40.3 Å². The number of carbonyl (C=O) groups excluding carboxylic acids is 1. The lowest BCUT2D eigenvalue weighted by molar-refractivity contribution is 0.0527. The van der Waals surface area contributed by atoms with E-state index in [0.29, 0.717) is 16.9 Å². The zero-order valence-corrected chi connectivity index (χ0v) is 12.4. The summed E-state index contributed by atoms with van der Waals surface area (Å²) in [6.07, 6.45) is 1.46. The number of esters is 1. The quantitative estimate of drug-likeness (QED) is 0.818. The smallest absolute Gasteiger partial charge is 0.341 e. The van der Waals surface area contributed by atoms with Crippen LogP contribution in [-0.2, 0) is 4.74 Å². The molecule has 0 fully saturated rings. The number of rotatable bonds is 5. The number of fused-ring (bicyclic) bond motifs is 1. The Labute approximate surface area is 123 Å². The number of hydrogen-bond donors (Lipinski definition) is 2. The SMILES string of the molecule is CCOC(=O)c1cnc2nc(C)ccc2c1N[C@H](C)CO. The Kier molecular flexibility index (Phi) is 4.70. The van der Waals surface area contributed by atoms with Crippen molar-refractivity contribution in [3.05, 3.63) is 29.6 Å². The normalized spacial score (nSPS) is 12.2. The molecular weight excluding hydrogens is 270 g/mol. The number of nitrogens with one attached hydrogen (secondary N) is 1. The number of aliphatic hydroxyl groups excluding tert-OH is 1. The van der Waals surface area contributed by atoms with Crippen molar-refractivity contribution in [2.75, 3.05) is 18.5 Å². The first-order valence-corrected chi connectivity index (χ1v) is 6.87. The van der Waals surface area contributed by atoms with E-state index in [-0.39, 0.29) is 19.3 Å². The van der Waals surface area contributed by atoms with Gasteiger partial charge in [0.1, 0.15) is 5.56 Å². The number of aliphatic hydroxyl groups is 1. The third-order valence-corrected chi connectivity index (χ3v) is 3.03. The maximum Gasteiger partial charge on any atom is 0.341 e. The Morgan fingerprint density at radius 2 is 2.24 bits per heavy atom. The van der Waals surface area contributed by atoms with Crippen molar-refractivity contribution in [2.24, 2.45) is 0 Å². The number of carbonyl (C=O) groups is 1. The van der Waals surface area contributed by atoms with Crippen LogP contribution in [0.15, 0.2) is 18.3 Å². The van der Waals surface area contributed by atoms with Gasteiger partial charge < -0.3 is 15.2 Å². The summed E-state index contributed by atoms with van der Waals surface area (Å²) < 4.78 is 5.05. The van der Waals surface area contributed by atoms with E-state index >= 15 is 0 Å². The van der Waals surface area contributed by atoms with Crippen LogP contribution < -0.4 is 5.32 Å². The lowest BCUT2D eigenvalue weighted by atomic mass is 10.1. The highest BCUT2D eigenvalue weighted by Crippen LogP contribution is 2.26. The van der Waals surface area contributed by atoms with Crippen molar-refractivity contribution in [2.45, 2.75) is 26.8 Å². The molecule has 2 N–H and O–H groups in total. The number of nitrogens with zero attached hydrogens (tertiary/aromatic N) is 2. The van der Waals surface area contributed by atoms with Gasteiger partial charge in [-0.15, -0.1) is 0 Å². The predicted molar refractivity (Wildman–Crippen MR) is 80.4 cm³/mol. The summed E-state index contributed by atoms with van der Waals surface area (Å²) in [5.74, 6) is -0.444. The fourth-order valence-corrected chi connectivity index (χ4v) is 1.98. The lowest BCUT2D eigenvalue weighted by Crippen LogP contribution is -2.22. The van der Waals surface area contributed by atoms with Crippen molar-refractivity contribution >= 4 is 22.7 Å². The maximum absolute atomic E-state index is 12.1. The first kappa shape index (κ1) is 15.2. The first-order valence-electron chi connectivity index (χ1n) is 6.87. The molecule has 0 aliphatic carbocycles. The van der Waals surface area contributed by atoms with Crippen LogP contribution >= 0.6 is 0 Å². The number of aryl methyl sites for hydroxylation is 1. The topological polar surface area (TPSA) is 84.3 Å². The molecule has 2 heterocycles. The van der Waals surface area contributed by atoms with Crippen LogP contribution in [0.25, 0.3) is 11.0 Å². The highest BCUT2D eigenvalue weighted by atomic mass is 16.5. The van der Waals surface area contributed by atoms with Crippen molar-refractivity contribution in [1.29, 1.82) is 0 Å². The summed E-state index contributed by atoms with van der Waals surface area (Å²) in [6, 6.07) is 3.51. The Morgan fingerprint density at radius 3 is 2.90 bits per heavy atom. The molecule has 0 saturated heterocycles. The second-order valence-electron chi connectivity index (χ2n) is 4.82. The van der Waals surface area contributed by atoms with E-state index in [0.717, 1.165) is 11.1 Å². The van der Waals surface area contributed by atoms with Gasteiger partial charge in [-0.05, 0) is 32.9 Å². The monoisotopic (exact) mass is 289 g/mol. The zero-order chi connectivity index (χ0) is 15.4. The summed E-state index contributed by atoms with van der Waals surface area (Å²) in [6.45, 7) is 5.69. The van der Waals surface area contributed by atoms with Gasteiger partial charge in [0.25, 0.3) is 0 Å². The van der Waals surface area contributed by atoms with Crippen LogP contribution in [0.2, 0.25) is 0 Å². The van der Waals surface area contributed by atoms with Gasteiger partial charge in [0, 0.05) is 23.3 Å². The molecule has 2 aromatic rings. The Hall–Kier alpha value is -2.21. The summed E-state index contributed by atoms with van der Waals surface area (Å²) in [4.78, 5) is 20.6.